The van der Waals surface area contributed by atoms with Crippen LogP contribution in [0.15, 0.2) is 28.7 Å². The second-order valence-corrected chi connectivity index (χ2v) is 4.68. The Hall–Kier alpha value is -1.35. The van der Waals surface area contributed by atoms with Crippen molar-refractivity contribution in [1.82, 2.24) is 4.98 Å². The van der Waals surface area contributed by atoms with E-state index in [1.165, 1.54) is 0 Å². The SMILES string of the molecule is OC1(Cc2nc3ccccc3o2)CCCC1. The van der Waals surface area contributed by atoms with Gasteiger partial charge >= 0.3 is 0 Å². The summed E-state index contributed by atoms with van der Waals surface area (Å²) in [7, 11) is 0. The van der Waals surface area contributed by atoms with E-state index in [0.717, 1.165) is 36.8 Å². The van der Waals surface area contributed by atoms with Gasteiger partial charge in [0.15, 0.2) is 11.5 Å². The van der Waals surface area contributed by atoms with Gasteiger partial charge in [0.25, 0.3) is 0 Å². The number of aliphatic hydroxyl groups is 1. The third-order valence-electron chi connectivity index (χ3n) is 3.35. The molecule has 1 aliphatic carbocycles. The molecule has 3 heteroatoms. The van der Waals surface area contributed by atoms with Gasteiger partial charge in [0.05, 0.1) is 12.0 Å². The van der Waals surface area contributed by atoms with Crippen molar-refractivity contribution in [2.45, 2.75) is 37.7 Å². The maximum Gasteiger partial charge on any atom is 0.198 e. The second-order valence-electron chi connectivity index (χ2n) is 4.68. The zero-order chi connectivity index (χ0) is 11.0. The van der Waals surface area contributed by atoms with Gasteiger partial charge in [-0.15, -0.1) is 0 Å². The van der Waals surface area contributed by atoms with Gasteiger partial charge in [0.1, 0.15) is 5.52 Å². The summed E-state index contributed by atoms with van der Waals surface area (Å²) >= 11 is 0. The minimum absolute atomic E-state index is 0.543. The highest BCUT2D eigenvalue weighted by molar-refractivity contribution is 5.72. The van der Waals surface area contributed by atoms with Crippen molar-refractivity contribution >= 4 is 11.1 Å². The summed E-state index contributed by atoms with van der Waals surface area (Å²) in [4.78, 5) is 4.39. The Morgan fingerprint density at radius 3 is 2.75 bits per heavy atom. The Bertz CT molecular complexity index is 464. The lowest BCUT2D eigenvalue weighted by molar-refractivity contribution is 0.0422. The largest absolute Gasteiger partial charge is 0.441 e. The van der Waals surface area contributed by atoms with E-state index in [4.69, 9.17) is 4.42 Å². The molecule has 0 atom stereocenters. The summed E-state index contributed by atoms with van der Waals surface area (Å²) in [6, 6.07) is 7.71. The molecule has 1 fully saturated rings. The van der Waals surface area contributed by atoms with Crippen LogP contribution in [0.25, 0.3) is 11.1 Å². The summed E-state index contributed by atoms with van der Waals surface area (Å²) in [6.07, 6.45) is 4.49. The summed E-state index contributed by atoms with van der Waals surface area (Å²) in [5.41, 5.74) is 1.10. The Labute approximate surface area is 94.1 Å². The molecule has 84 valence electrons. The fourth-order valence-corrected chi connectivity index (χ4v) is 2.49. The predicted molar refractivity (Wildman–Crippen MR) is 61.1 cm³/mol. The number of oxazole rings is 1. The van der Waals surface area contributed by atoms with Gasteiger partial charge in [0, 0.05) is 0 Å². The number of hydrogen-bond acceptors (Lipinski definition) is 3. The number of aromatic nitrogens is 1. The van der Waals surface area contributed by atoms with Crippen molar-refractivity contribution in [3.8, 4) is 0 Å². The highest BCUT2D eigenvalue weighted by atomic mass is 16.4. The molecule has 16 heavy (non-hydrogen) atoms. The maximum absolute atomic E-state index is 10.3. The third kappa shape index (κ3) is 1.71. The minimum Gasteiger partial charge on any atom is -0.441 e. The van der Waals surface area contributed by atoms with E-state index in [-0.39, 0.29) is 0 Å². The Morgan fingerprint density at radius 1 is 1.25 bits per heavy atom. The van der Waals surface area contributed by atoms with Gasteiger partial charge in [-0.05, 0) is 25.0 Å². The molecule has 0 aliphatic heterocycles. The first kappa shape index (κ1) is 9.85. The van der Waals surface area contributed by atoms with Gasteiger partial charge in [0.2, 0.25) is 0 Å². The van der Waals surface area contributed by atoms with Crippen molar-refractivity contribution in [3.05, 3.63) is 30.2 Å². The van der Waals surface area contributed by atoms with Crippen LogP contribution in [-0.2, 0) is 6.42 Å². The van der Waals surface area contributed by atoms with Crippen molar-refractivity contribution in [2.24, 2.45) is 0 Å². The van der Waals surface area contributed by atoms with E-state index in [9.17, 15) is 5.11 Å². The fraction of sp³-hybridized carbons (Fsp3) is 0.462. The molecule has 1 saturated carbocycles. The number of benzene rings is 1. The second kappa shape index (κ2) is 3.59. The fourth-order valence-electron chi connectivity index (χ4n) is 2.49. The van der Waals surface area contributed by atoms with E-state index in [1.807, 2.05) is 24.3 Å². The molecule has 3 nitrogen and oxygen atoms in total. The van der Waals surface area contributed by atoms with Crippen LogP contribution in [-0.4, -0.2) is 15.7 Å². The number of fused-ring (bicyclic) bond motifs is 1. The highest BCUT2D eigenvalue weighted by Crippen LogP contribution is 2.32. The predicted octanol–water partition coefficient (Wildman–Crippen LogP) is 2.68. The smallest absolute Gasteiger partial charge is 0.198 e. The molecule has 0 saturated heterocycles. The van der Waals surface area contributed by atoms with Crippen molar-refractivity contribution in [3.63, 3.8) is 0 Å². The molecular weight excluding hydrogens is 202 g/mol. The van der Waals surface area contributed by atoms with Gasteiger partial charge in [-0.3, -0.25) is 0 Å². The molecular formula is C13H15NO2. The van der Waals surface area contributed by atoms with E-state index >= 15 is 0 Å². The summed E-state index contributed by atoms with van der Waals surface area (Å²) < 4.78 is 5.62. The Morgan fingerprint density at radius 2 is 2.00 bits per heavy atom. The van der Waals surface area contributed by atoms with Gasteiger partial charge in [-0.25, -0.2) is 4.98 Å². The first-order chi connectivity index (χ1) is 7.75. The quantitative estimate of drug-likeness (QED) is 0.841. The Kier molecular flexibility index (Phi) is 2.21. The summed E-state index contributed by atoms with van der Waals surface area (Å²) in [6.45, 7) is 0. The molecule has 0 radical (unpaired) electrons. The van der Waals surface area contributed by atoms with Gasteiger partial charge < -0.3 is 9.52 Å². The van der Waals surface area contributed by atoms with E-state index < -0.39 is 5.60 Å². The first-order valence-electron chi connectivity index (χ1n) is 5.82. The zero-order valence-corrected chi connectivity index (χ0v) is 9.15. The molecule has 1 aromatic heterocycles. The topological polar surface area (TPSA) is 46.3 Å². The lowest BCUT2D eigenvalue weighted by Gasteiger charge is -2.19. The Balaban J connectivity index is 1.89. The lowest BCUT2D eigenvalue weighted by Crippen LogP contribution is -2.27. The van der Waals surface area contributed by atoms with Crippen LogP contribution in [0.4, 0.5) is 0 Å². The summed E-state index contributed by atoms with van der Waals surface area (Å²) in [5, 5.41) is 10.3. The van der Waals surface area contributed by atoms with Crippen molar-refractivity contribution in [2.75, 3.05) is 0 Å². The first-order valence-corrected chi connectivity index (χ1v) is 5.82. The van der Waals surface area contributed by atoms with Crippen molar-refractivity contribution < 1.29 is 9.52 Å². The number of rotatable bonds is 2. The van der Waals surface area contributed by atoms with Crippen molar-refractivity contribution in [1.29, 1.82) is 0 Å². The van der Waals surface area contributed by atoms with Crippen LogP contribution in [0.1, 0.15) is 31.6 Å². The van der Waals surface area contributed by atoms with Crippen LogP contribution in [0, 0.1) is 0 Å². The highest BCUT2D eigenvalue weighted by Gasteiger charge is 2.32. The number of hydrogen-bond donors (Lipinski definition) is 1. The van der Waals surface area contributed by atoms with Crippen LogP contribution < -0.4 is 0 Å². The molecule has 0 amide bonds. The van der Waals surface area contributed by atoms with Crippen LogP contribution in [0.2, 0.25) is 0 Å². The van der Waals surface area contributed by atoms with Crippen LogP contribution >= 0.6 is 0 Å². The van der Waals surface area contributed by atoms with Gasteiger partial charge in [-0.2, -0.15) is 0 Å². The average Bonchev–Trinajstić information content (AvgIpc) is 2.84. The number of para-hydroxylation sites is 2. The molecule has 1 aromatic carbocycles. The molecule has 0 spiro atoms. The van der Waals surface area contributed by atoms with E-state index in [1.54, 1.807) is 0 Å². The van der Waals surface area contributed by atoms with Gasteiger partial charge in [-0.1, -0.05) is 25.0 Å². The molecule has 1 aliphatic rings. The molecule has 3 rings (SSSR count). The van der Waals surface area contributed by atoms with Crippen LogP contribution in [0.5, 0.6) is 0 Å². The normalized spacial score (nSPS) is 19.3. The maximum atomic E-state index is 10.3. The van der Waals surface area contributed by atoms with Crippen LogP contribution in [0.3, 0.4) is 0 Å². The average molecular weight is 217 g/mol. The standard InChI is InChI=1S/C13H15NO2/c15-13(7-3-4-8-13)9-12-14-10-5-1-2-6-11(10)16-12/h1-2,5-6,15H,3-4,7-9H2. The molecule has 1 N–H and O–H groups in total. The monoisotopic (exact) mass is 217 g/mol. The summed E-state index contributed by atoms with van der Waals surface area (Å²) in [5.74, 6) is 0.658. The number of nitrogens with zero attached hydrogens (tertiary/aromatic N) is 1. The molecule has 0 unspecified atom stereocenters. The van der Waals surface area contributed by atoms with E-state index in [0.29, 0.717) is 12.3 Å². The third-order valence-corrected chi connectivity index (χ3v) is 3.35. The molecule has 0 bridgehead atoms. The zero-order valence-electron chi connectivity index (χ0n) is 9.15. The molecule has 1 heterocycles. The minimum atomic E-state index is -0.582. The lowest BCUT2D eigenvalue weighted by atomic mass is 9.98. The molecule has 2 aromatic rings. The van der Waals surface area contributed by atoms with E-state index in [2.05, 4.69) is 4.98 Å².